The van der Waals surface area contributed by atoms with Crippen LogP contribution in [0.2, 0.25) is 0 Å². The van der Waals surface area contributed by atoms with Gasteiger partial charge in [0.15, 0.2) is 16.6 Å². The lowest BCUT2D eigenvalue weighted by atomic mass is 10.0. The summed E-state index contributed by atoms with van der Waals surface area (Å²) in [5, 5.41) is 3.46. The van der Waals surface area contributed by atoms with E-state index in [0.29, 0.717) is 16.6 Å². The molecule has 0 saturated carbocycles. The fourth-order valence-corrected chi connectivity index (χ4v) is 4.51. The Morgan fingerprint density at radius 1 is 0.906 bits per heavy atom. The summed E-state index contributed by atoms with van der Waals surface area (Å²) in [7, 11) is 0. The summed E-state index contributed by atoms with van der Waals surface area (Å²) < 4.78 is 11.5. The SMILES string of the molecule is Cc1ccc(-c2nc(NC(=O)[C@H]3COc4ccccc4O3)sc2-c2ccc(C)cc2)cc1. The van der Waals surface area contributed by atoms with E-state index in [0.717, 1.165) is 21.7 Å². The molecular formula is C26H22N2O3S. The van der Waals surface area contributed by atoms with Gasteiger partial charge in [-0.25, -0.2) is 4.98 Å². The van der Waals surface area contributed by atoms with Crippen LogP contribution in [0.3, 0.4) is 0 Å². The molecule has 2 heterocycles. The number of nitrogens with one attached hydrogen (secondary N) is 1. The lowest BCUT2D eigenvalue weighted by Crippen LogP contribution is -2.40. The molecule has 1 N–H and O–H groups in total. The van der Waals surface area contributed by atoms with Crippen LogP contribution < -0.4 is 14.8 Å². The second kappa shape index (κ2) is 8.48. The average molecular weight is 443 g/mol. The topological polar surface area (TPSA) is 60.5 Å². The number of thiazole rings is 1. The average Bonchev–Trinajstić information content (AvgIpc) is 3.23. The van der Waals surface area contributed by atoms with E-state index >= 15 is 0 Å². The van der Waals surface area contributed by atoms with Gasteiger partial charge in [-0.3, -0.25) is 10.1 Å². The summed E-state index contributed by atoms with van der Waals surface area (Å²) in [5.41, 5.74) is 5.30. The molecule has 4 aromatic rings. The Bertz CT molecular complexity index is 1200. The van der Waals surface area contributed by atoms with E-state index in [-0.39, 0.29) is 12.5 Å². The quantitative estimate of drug-likeness (QED) is 0.429. The first kappa shape index (κ1) is 20.3. The largest absolute Gasteiger partial charge is 0.485 e. The summed E-state index contributed by atoms with van der Waals surface area (Å²) in [6.45, 7) is 4.28. The minimum atomic E-state index is -0.737. The number of hydrogen-bond donors (Lipinski definition) is 1. The van der Waals surface area contributed by atoms with Crippen molar-refractivity contribution in [1.29, 1.82) is 0 Å². The van der Waals surface area contributed by atoms with Crippen LogP contribution in [0.15, 0.2) is 72.8 Å². The van der Waals surface area contributed by atoms with E-state index in [9.17, 15) is 4.79 Å². The summed E-state index contributed by atoms with van der Waals surface area (Å²) in [5.74, 6) is 0.937. The number of para-hydroxylation sites is 2. The summed E-state index contributed by atoms with van der Waals surface area (Å²) in [6, 6.07) is 23.9. The van der Waals surface area contributed by atoms with Gasteiger partial charge in [-0.15, -0.1) is 0 Å². The molecule has 160 valence electrons. The highest BCUT2D eigenvalue weighted by Gasteiger charge is 2.28. The van der Waals surface area contributed by atoms with Gasteiger partial charge in [0.2, 0.25) is 6.10 Å². The number of anilines is 1. The Kier molecular flexibility index (Phi) is 5.37. The number of amides is 1. The molecule has 0 radical (unpaired) electrons. The highest BCUT2D eigenvalue weighted by molar-refractivity contribution is 7.19. The molecule has 1 aromatic heterocycles. The molecule has 0 aliphatic carbocycles. The maximum atomic E-state index is 12.9. The second-order valence-electron chi connectivity index (χ2n) is 7.78. The summed E-state index contributed by atoms with van der Waals surface area (Å²) in [6.07, 6.45) is -0.737. The third-order valence-electron chi connectivity index (χ3n) is 5.30. The Morgan fingerprint density at radius 3 is 2.22 bits per heavy atom. The highest BCUT2D eigenvalue weighted by atomic mass is 32.1. The maximum absolute atomic E-state index is 12.9. The van der Waals surface area contributed by atoms with Crippen LogP contribution in [-0.2, 0) is 4.79 Å². The Hall–Kier alpha value is -3.64. The molecule has 1 aliphatic rings. The van der Waals surface area contributed by atoms with Crippen LogP contribution in [0, 0.1) is 13.8 Å². The molecule has 1 amide bonds. The van der Waals surface area contributed by atoms with Crippen LogP contribution in [0.5, 0.6) is 11.5 Å². The van der Waals surface area contributed by atoms with Crippen LogP contribution in [0.25, 0.3) is 21.7 Å². The van der Waals surface area contributed by atoms with Gasteiger partial charge >= 0.3 is 0 Å². The van der Waals surface area contributed by atoms with Gasteiger partial charge in [0.25, 0.3) is 5.91 Å². The molecule has 32 heavy (non-hydrogen) atoms. The first-order chi connectivity index (χ1) is 15.6. The number of aryl methyl sites for hydroxylation is 2. The number of carbonyl (C=O) groups is 1. The standard InChI is InChI=1S/C26H22N2O3S/c1-16-7-11-18(12-8-16)23-24(19-13-9-17(2)10-14-19)32-26(27-23)28-25(29)22-15-30-20-5-3-4-6-21(20)31-22/h3-14,22H,15H2,1-2H3,(H,27,28,29)/t22-/m1/s1. The lowest BCUT2D eigenvalue weighted by molar-refractivity contribution is -0.125. The molecular weight excluding hydrogens is 420 g/mol. The number of nitrogens with zero attached hydrogens (tertiary/aromatic N) is 1. The minimum absolute atomic E-state index is 0.157. The molecule has 0 saturated heterocycles. The van der Waals surface area contributed by atoms with Gasteiger partial charge < -0.3 is 9.47 Å². The zero-order valence-electron chi connectivity index (χ0n) is 17.8. The Balaban J connectivity index is 1.44. The molecule has 0 spiro atoms. The van der Waals surface area contributed by atoms with Gasteiger partial charge in [-0.05, 0) is 31.5 Å². The number of rotatable bonds is 4. The number of ether oxygens (including phenoxy) is 2. The summed E-state index contributed by atoms with van der Waals surface area (Å²) in [4.78, 5) is 18.7. The van der Waals surface area contributed by atoms with Crippen LogP contribution in [0.1, 0.15) is 11.1 Å². The molecule has 1 atom stereocenters. The predicted molar refractivity (Wildman–Crippen MR) is 127 cm³/mol. The fraction of sp³-hybridized carbons (Fsp3) is 0.154. The van der Waals surface area contributed by atoms with Crippen molar-refractivity contribution in [2.45, 2.75) is 20.0 Å². The van der Waals surface area contributed by atoms with Crippen molar-refractivity contribution in [2.75, 3.05) is 11.9 Å². The minimum Gasteiger partial charge on any atom is -0.485 e. The number of hydrogen-bond acceptors (Lipinski definition) is 5. The molecule has 5 rings (SSSR count). The number of aromatic nitrogens is 1. The third kappa shape index (κ3) is 4.09. The first-order valence-electron chi connectivity index (χ1n) is 10.4. The normalized spacial score (nSPS) is 14.8. The van der Waals surface area contributed by atoms with Crippen LogP contribution in [0.4, 0.5) is 5.13 Å². The molecule has 0 fully saturated rings. The second-order valence-corrected chi connectivity index (χ2v) is 8.78. The van der Waals surface area contributed by atoms with Crippen LogP contribution in [-0.4, -0.2) is 23.6 Å². The van der Waals surface area contributed by atoms with Crippen LogP contribution >= 0.6 is 11.3 Å². The van der Waals surface area contributed by atoms with Gasteiger partial charge in [0.05, 0.1) is 10.6 Å². The van der Waals surface area contributed by atoms with E-state index < -0.39 is 6.10 Å². The predicted octanol–water partition coefficient (Wildman–Crippen LogP) is 5.87. The summed E-state index contributed by atoms with van der Waals surface area (Å²) >= 11 is 1.46. The number of carbonyl (C=O) groups excluding carboxylic acids is 1. The molecule has 0 bridgehead atoms. The van der Waals surface area contributed by atoms with Gasteiger partial charge in [0.1, 0.15) is 6.61 Å². The van der Waals surface area contributed by atoms with E-state index in [1.807, 2.05) is 18.2 Å². The van der Waals surface area contributed by atoms with E-state index in [1.54, 1.807) is 6.07 Å². The monoisotopic (exact) mass is 442 g/mol. The molecule has 5 nitrogen and oxygen atoms in total. The smallest absolute Gasteiger partial charge is 0.270 e. The first-order valence-corrected chi connectivity index (χ1v) is 11.2. The molecule has 6 heteroatoms. The number of fused-ring (bicyclic) bond motifs is 1. The number of benzene rings is 3. The van der Waals surface area contributed by atoms with Crippen molar-refractivity contribution < 1.29 is 14.3 Å². The molecule has 1 aliphatic heterocycles. The zero-order valence-corrected chi connectivity index (χ0v) is 18.6. The third-order valence-corrected chi connectivity index (χ3v) is 6.32. The maximum Gasteiger partial charge on any atom is 0.270 e. The van der Waals surface area contributed by atoms with Crippen molar-refractivity contribution >= 4 is 22.4 Å². The highest BCUT2D eigenvalue weighted by Crippen LogP contribution is 2.39. The van der Waals surface area contributed by atoms with E-state index in [4.69, 9.17) is 14.5 Å². The van der Waals surface area contributed by atoms with Crippen molar-refractivity contribution in [2.24, 2.45) is 0 Å². The van der Waals surface area contributed by atoms with Crippen molar-refractivity contribution in [3.8, 4) is 33.2 Å². The van der Waals surface area contributed by atoms with Gasteiger partial charge in [-0.1, -0.05) is 83.1 Å². The zero-order chi connectivity index (χ0) is 22.1. The molecule has 3 aromatic carbocycles. The van der Waals surface area contributed by atoms with Gasteiger partial charge in [-0.2, -0.15) is 0 Å². The van der Waals surface area contributed by atoms with Crippen molar-refractivity contribution in [3.05, 3.63) is 83.9 Å². The van der Waals surface area contributed by atoms with Crippen molar-refractivity contribution in [1.82, 2.24) is 4.98 Å². The van der Waals surface area contributed by atoms with Crippen molar-refractivity contribution in [3.63, 3.8) is 0 Å². The lowest BCUT2D eigenvalue weighted by Gasteiger charge is -2.25. The molecule has 0 unspecified atom stereocenters. The Morgan fingerprint density at radius 2 is 1.53 bits per heavy atom. The van der Waals surface area contributed by atoms with E-state index in [2.05, 4.69) is 67.7 Å². The fourth-order valence-electron chi connectivity index (χ4n) is 3.52. The van der Waals surface area contributed by atoms with Gasteiger partial charge in [0, 0.05) is 5.56 Å². The Labute approximate surface area is 190 Å². The van der Waals surface area contributed by atoms with E-state index in [1.165, 1.54) is 22.5 Å².